The van der Waals surface area contributed by atoms with Crippen LogP contribution in [0.4, 0.5) is 17.1 Å². The number of anilines is 3. The lowest BCUT2D eigenvalue weighted by atomic mass is 9.81. The van der Waals surface area contributed by atoms with E-state index < -0.39 is 0 Å². The number of hydrogen-bond donors (Lipinski definition) is 0. The maximum absolute atomic E-state index is 2.55. The van der Waals surface area contributed by atoms with Crippen LogP contribution in [-0.4, -0.2) is 4.57 Å². The molecule has 0 aliphatic carbocycles. The van der Waals surface area contributed by atoms with E-state index in [0.29, 0.717) is 23.7 Å². The van der Waals surface area contributed by atoms with E-state index in [9.17, 15) is 0 Å². The van der Waals surface area contributed by atoms with Crippen molar-refractivity contribution in [3.05, 3.63) is 265 Å². The third-order valence-corrected chi connectivity index (χ3v) is 18.4. The smallest absolute Gasteiger partial charge is 0.0547 e. The van der Waals surface area contributed by atoms with Crippen molar-refractivity contribution < 1.29 is 0 Å². The number of para-hydroxylation sites is 1. The molecular formula is C82H68N2. The first-order valence-corrected chi connectivity index (χ1v) is 30.3. The molecule has 0 atom stereocenters. The van der Waals surface area contributed by atoms with Crippen molar-refractivity contribution in [1.29, 1.82) is 0 Å². The second kappa shape index (κ2) is 20.1. The maximum atomic E-state index is 2.55. The van der Waals surface area contributed by atoms with Gasteiger partial charge in [-0.2, -0.15) is 0 Å². The summed E-state index contributed by atoms with van der Waals surface area (Å²) >= 11 is 0. The van der Waals surface area contributed by atoms with Crippen LogP contribution in [0.5, 0.6) is 0 Å². The van der Waals surface area contributed by atoms with E-state index in [1.807, 2.05) is 0 Å². The minimum atomic E-state index is 0.299. The zero-order chi connectivity index (χ0) is 57.1. The van der Waals surface area contributed by atoms with E-state index >= 15 is 0 Å². The molecular weight excluding hydrogens is 1010 g/mol. The Morgan fingerprint density at radius 3 is 1.32 bits per heavy atom. The Hall–Kier alpha value is -9.50. The third kappa shape index (κ3) is 8.29. The summed E-state index contributed by atoms with van der Waals surface area (Å²) in [6, 6.07) is 92.5. The Kier molecular flexibility index (Phi) is 12.3. The Morgan fingerprint density at radius 2 is 0.750 bits per heavy atom. The second-order valence-electron chi connectivity index (χ2n) is 24.8. The van der Waals surface area contributed by atoms with Crippen molar-refractivity contribution in [3.8, 4) is 39.1 Å². The van der Waals surface area contributed by atoms with Gasteiger partial charge in [0, 0.05) is 33.2 Å². The quantitative estimate of drug-likeness (QED) is 0.117. The SMILES string of the molecule is CC(C)c1ccc(N(c2ccc(C(C)C)cc2)c2ccc3c(C(C)C)cc4c(-c5ccc6c(c5)c5ccccc5c5cc7c8ccccc8n(-c8cc(-c9ccccc9)cc(-c9ccccc9)c8)c7cc65)ccc5c(C(C)C)cc2c3c45)cc1. The van der Waals surface area contributed by atoms with Crippen LogP contribution in [0.3, 0.4) is 0 Å². The van der Waals surface area contributed by atoms with Crippen molar-refractivity contribution >= 4 is 104 Å². The number of benzene rings is 14. The van der Waals surface area contributed by atoms with Gasteiger partial charge in [0.2, 0.25) is 0 Å². The molecule has 0 aliphatic rings. The van der Waals surface area contributed by atoms with Crippen LogP contribution in [0.15, 0.2) is 243 Å². The number of fused-ring (bicyclic) bond motifs is 9. The first kappa shape index (κ1) is 51.4. The molecule has 0 N–H and O–H groups in total. The Bertz CT molecular complexity index is 4930. The molecule has 0 fully saturated rings. The highest BCUT2D eigenvalue weighted by Crippen LogP contribution is 2.51. The first-order chi connectivity index (χ1) is 41.0. The van der Waals surface area contributed by atoms with Crippen molar-refractivity contribution in [2.75, 3.05) is 4.90 Å². The second-order valence-corrected chi connectivity index (χ2v) is 24.8. The predicted octanol–water partition coefficient (Wildman–Crippen LogP) is 24.1. The minimum Gasteiger partial charge on any atom is -0.310 e. The highest BCUT2D eigenvalue weighted by molar-refractivity contribution is 6.32. The summed E-state index contributed by atoms with van der Waals surface area (Å²) < 4.78 is 2.51. The van der Waals surface area contributed by atoms with Gasteiger partial charge in [0.25, 0.3) is 0 Å². The molecule has 0 unspecified atom stereocenters. The van der Waals surface area contributed by atoms with Crippen LogP contribution < -0.4 is 4.90 Å². The maximum Gasteiger partial charge on any atom is 0.0547 e. The van der Waals surface area contributed by atoms with Crippen LogP contribution in [0.1, 0.15) is 101 Å². The summed E-state index contributed by atoms with van der Waals surface area (Å²) in [5, 5.41) is 18.0. The topological polar surface area (TPSA) is 8.17 Å². The molecule has 0 amide bonds. The summed E-state index contributed by atoms with van der Waals surface area (Å²) in [7, 11) is 0. The van der Waals surface area contributed by atoms with Gasteiger partial charge in [0.15, 0.2) is 0 Å². The van der Waals surface area contributed by atoms with Crippen molar-refractivity contribution in [2.45, 2.75) is 79.1 Å². The highest BCUT2D eigenvalue weighted by atomic mass is 15.1. The van der Waals surface area contributed by atoms with Crippen molar-refractivity contribution in [3.63, 3.8) is 0 Å². The molecule has 0 bridgehead atoms. The van der Waals surface area contributed by atoms with E-state index in [1.165, 1.54) is 148 Å². The normalized spacial score (nSPS) is 12.2. The van der Waals surface area contributed by atoms with Crippen LogP contribution in [-0.2, 0) is 0 Å². The van der Waals surface area contributed by atoms with Gasteiger partial charge >= 0.3 is 0 Å². The fourth-order valence-corrected chi connectivity index (χ4v) is 14.1. The van der Waals surface area contributed by atoms with E-state index in [1.54, 1.807) is 0 Å². The van der Waals surface area contributed by atoms with E-state index in [4.69, 9.17) is 0 Å². The minimum absolute atomic E-state index is 0.299. The molecule has 0 spiro atoms. The van der Waals surface area contributed by atoms with Crippen LogP contribution in [0, 0.1) is 0 Å². The number of rotatable bonds is 11. The Morgan fingerprint density at radius 1 is 0.274 bits per heavy atom. The van der Waals surface area contributed by atoms with Crippen molar-refractivity contribution in [1.82, 2.24) is 4.57 Å². The molecule has 15 rings (SSSR count). The molecule has 1 aromatic heterocycles. The van der Waals surface area contributed by atoms with Gasteiger partial charge in [-0.05, 0) is 223 Å². The monoisotopic (exact) mass is 1080 g/mol. The van der Waals surface area contributed by atoms with Crippen LogP contribution >= 0.6 is 0 Å². The van der Waals surface area contributed by atoms with Gasteiger partial charge in [-0.15, -0.1) is 0 Å². The third-order valence-electron chi connectivity index (χ3n) is 18.4. The average Bonchev–Trinajstić information content (AvgIpc) is 1.53. The fraction of sp³-hybridized carbons (Fsp3) is 0.146. The van der Waals surface area contributed by atoms with Gasteiger partial charge in [-0.1, -0.05) is 213 Å². The largest absolute Gasteiger partial charge is 0.310 e. The number of aromatic nitrogens is 1. The van der Waals surface area contributed by atoms with Gasteiger partial charge in [-0.3, -0.25) is 0 Å². The molecule has 0 saturated carbocycles. The molecule has 15 aromatic rings. The lowest BCUT2D eigenvalue weighted by Crippen LogP contribution is -2.11. The molecule has 84 heavy (non-hydrogen) atoms. The molecule has 1 heterocycles. The molecule has 2 nitrogen and oxygen atoms in total. The first-order valence-electron chi connectivity index (χ1n) is 30.3. The molecule has 2 heteroatoms. The lowest BCUT2D eigenvalue weighted by molar-refractivity contribution is 0.866. The summed E-state index contributed by atoms with van der Waals surface area (Å²) in [6.45, 7) is 18.6. The number of hydrogen-bond acceptors (Lipinski definition) is 1. The summed E-state index contributed by atoms with van der Waals surface area (Å²) in [6.07, 6.45) is 0. The molecule has 0 saturated heterocycles. The summed E-state index contributed by atoms with van der Waals surface area (Å²) in [5.41, 5.74) is 19.8. The summed E-state index contributed by atoms with van der Waals surface area (Å²) in [5.74, 6) is 1.49. The van der Waals surface area contributed by atoms with Gasteiger partial charge in [0.1, 0.15) is 0 Å². The Labute approximate surface area is 493 Å². The Balaban J connectivity index is 0.973. The van der Waals surface area contributed by atoms with Crippen LogP contribution in [0.25, 0.3) is 126 Å². The predicted molar refractivity (Wildman–Crippen MR) is 364 cm³/mol. The average molecular weight is 1080 g/mol. The van der Waals surface area contributed by atoms with E-state index in [-0.39, 0.29) is 0 Å². The zero-order valence-electron chi connectivity index (χ0n) is 49.3. The lowest BCUT2D eigenvalue weighted by Gasteiger charge is -2.30. The van der Waals surface area contributed by atoms with Gasteiger partial charge in [0.05, 0.1) is 16.7 Å². The van der Waals surface area contributed by atoms with Gasteiger partial charge < -0.3 is 9.47 Å². The molecule has 0 radical (unpaired) electrons. The van der Waals surface area contributed by atoms with E-state index in [2.05, 4.69) is 308 Å². The summed E-state index contributed by atoms with van der Waals surface area (Å²) in [4.78, 5) is 2.51. The molecule has 0 aliphatic heterocycles. The zero-order valence-corrected chi connectivity index (χ0v) is 49.3. The van der Waals surface area contributed by atoms with Gasteiger partial charge in [-0.25, -0.2) is 0 Å². The highest BCUT2D eigenvalue weighted by Gasteiger charge is 2.26. The number of nitrogens with zero attached hydrogens (tertiary/aromatic N) is 2. The van der Waals surface area contributed by atoms with Crippen LogP contribution in [0.2, 0.25) is 0 Å². The molecule has 14 aromatic carbocycles. The van der Waals surface area contributed by atoms with E-state index in [0.717, 1.165) is 17.1 Å². The standard InChI is InChI=1S/C82H68N2/c1-49(2)53-27-32-60(33-28-53)83(61-34-29-54(30-35-61)50(3)4)79-40-39-69-70(51(5)6)45-76-63(37-38-68-71(52(7)8)46-77(79)82(69)81(68)76)57-31-36-66-72(44-57)64-23-15-16-24-65(64)73-47-75-67-25-17-18-26-78(67)84(80(75)48-74(66)73)62-42-58(55-19-11-9-12-20-55)41-59(43-62)56-21-13-10-14-22-56/h9-52H,1-8H3. The van der Waals surface area contributed by atoms with Crippen molar-refractivity contribution in [2.24, 2.45) is 0 Å². The molecule has 406 valence electrons. The fourth-order valence-electron chi connectivity index (χ4n) is 14.1.